The third-order valence-electron chi connectivity index (χ3n) is 5.53. The van der Waals surface area contributed by atoms with Crippen LogP contribution in [0.4, 0.5) is 15.1 Å². The number of carbonyl (C=O) groups excluding carboxylic acids is 1. The predicted octanol–water partition coefficient (Wildman–Crippen LogP) is 5.69. The largest absolute Gasteiger partial charge is 0.444 e. The van der Waals surface area contributed by atoms with Crippen molar-refractivity contribution in [2.75, 3.05) is 18.4 Å². The Morgan fingerprint density at radius 2 is 2.03 bits per heavy atom. The quantitative estimate of drug-likeness (QED) is 0.533. The Hall–Kier alpha value is -2.80. The summed E-state index contributed by atoms with van der Waals surface area (Å²) >= 11 is 6.29. The van der Waals surface area contributed by atoms with Crippen LogP contribution in [0.15, 0.2) is 42.5 Å². The third kappa shape index (κ3) is 4.83. The smallest absolute Gasteiger partial charge is 0.410 e. The monoisotopic (exact) mass is 458 g/mol. The lowest BCUT2D eigenvalue weighted by atomic mass is 10.2. The van der Waals surface area contributed by atoms with E-state index in [0.29, 0.717) is 29.6 Å². The molecule has 1 amide bonds. The van der Waals surface area contributed by atoms with Gasteiger partial charge in [0.05, 0.1) is 23.6 Å². The molecule has 1 fully saturated rings. The van der Waals surface area contributed by atoms with E-state index in [4.69, 9.17) is 21.3 Å². The Morgan fingerprint density at radius 3 is 2.78 bits per heavy atom. The van der Waals surface area contributed by atoms with Crippen molar-refractivity contribution >= 4 is 34.7 Å². The van der Waals surface area contributed by atoms with Crippen LogP contribution in [-0.2, 0) is 11.3 Å². The van der Waals surface area contributed by atoms with Gasteiger partial charge in [0.15, 0.2) is 0 Å². The molecule has 1 aromatic heterocycles. The van der Waals surface area contributed by atoms with Gasteiger partial charge in [-0.2, -0.15) is 0 Å². The van der Waals surface area contributed by atoms with Crippen molar-refractivity contribution in [1.82, 2.24) is 14.5 Å². The number of likely N-dealkylation sites (tertiary alicyclic amines) is 1. The molecular weight excluding hydrogens is 431 g/mol. The highest BCUT2D eigenvalue weighted by molar-refractivity contribution is 6.31. The fourth-order valence-corrected chi connectivity index (χ4v) is 4.25. The zero-order chi connectivity index (χ0) is 22.9. The zero-order valence-corrected chi connectivity index (χ0v) is 19.3. The van der Waals surface area contributed by atoms with Gasteiger partial charge < -0.3 is 19.5 Å². The van der Waals surface area contributed by atoms with Crippen molar-refractivity contribution in [3.05, 3.63) is 58.9 Å². The summed E-state index contributed by atoms with van der Waals surface area (Å²) in [6.07, 6.45) is 1.51. The number of aromatic nitrogens is 2. The molecule has 32 heavy (non-hydrogen) atoms. The normalized spacial score (nSPS) is 16.5. The van der Waals surface area contributed by atoms with Crippen LogP contribution >= 0.6 is 11.6 Å². The molecule has 2 aromatic carbocycles. The first-order valence-electron chi connectivity index (χ1n) is 10.8. The topological polar surface area (TPSA) is 59.4 Å². The molecule has 0 radical (unpaired) electrons. The van der Waals surface area contributed by atoms with E-state index in [1.165, 1.54) is 6.07 Å². The first-order chi connectivity index (χ1) is 15.2. The minimum absolute atomic E-state index is 0.00448. The van der Waals surface area contributed by atoms with E-state index < -0.39 is 5.60 Å². The Kier molecular flexibility index (Phi) is 6.29. The molecule has 3 aromatic rings. The average Bonchev–Trinajstić information content (AvgIpc) is 3.32. The number of benzene rings is 2. The first kappa shape index (κ1) is 22.4. The molecular formula is C24H28ClFN4O2. The van der Waals surface area contributed by atoms with Crippen LogP contribution < -0.4 is 5.32 Å². The number of imidazole rings is 1. The van der Waals surface area contributed by atoms with E-state index in [0.717, 1.165) is 23.9 Å². The third-order valence-corrected chi connectivity index (χ3v) is 5.89. The molecule has 1 N–H and O–H groups in total. The molecule has 8 heteroatoms. The van der Waals surface area contributed by atoms with Crippen LogP contribution in [0.1, 0.15) is 39.2 Å². The predicted molar refractivity (Wildman–Crippen MR) is 125 cm³/mol. The summed E-state index contributed by atoms with van der Waals surface area (Å²) in [6, 6.07) is 12.4. The van der Waals surface area contributed by atoms with Gasteiger partial charge in [-0.3, -0.25) is 0 Å². The first-order valence-corrected chi connectivity index (χ1v) is 11.2. The van der Waals surface area contributed by atoms with Gasteiger partial charge in [0.1, 0.15) is 11.4 Å². The van der Waals surface area contributed by atoms with Crippen molar-refractivity contribution < 1.29 is 13.9 Å². The van der Waals surface area contributed by atoms with Gasteiger partial charge in [0.2, 0.25) is 5.95 Å². The standard InChI is InChI=1S/C24H28ClFN4O2/c1-24(2,3)32-23(31)29-13-7-8-16(29)14-27-22-28-20-11-4-5-12-21(20)30(22)15-17-18(25)9-6-10-19(17)26/h4-6,9-12,16H,7-8,13-15H2,1-3H3,(H,27,28). The number of amides is 1. The van der Waals surface area contributed by atoms with Crippen molar-refractivity contribution in [3.8, 4) is 0 Å². The Morgan fingerprint density at radius 1 is 1.25 bits per heavy atom. The number of nitrogens with zero attached hydrogens (tertiary/aromatic N) is 3. The molecule has 0 spiro atoms. The number of halogens is 2. The van der Waals surface area contributed by atoms with E-state index >= 15 is 0 Å². The summed E-state index contributed by atoms with van der Waals surface area (Å²) in [5.41, 5.74) is 1.56. The maximum atomic E-state index is 14.5. The van der Waals surface area contributed by atoms with Crippen molar-refractivity contribution in [3.63, 3.8) is 0 Å². The summed E-state index contributed by atoms with van der Waals surface area (Å²) in [4.78, 5) is 19.1. The fourth-order valence-electron chi connectivity index (χ4n) is 4.03. The van der Waals surface area contributed by atoms with Gasteiger partial charge in [-0.25, -0.2) is 14.2 Å². The van der Waals surface area contributed by atoms with Gasteiger partial charge in [0, 0.05) is 23.7 Å². The zero-order valence-electron chi connectivity index (χ0n) is 18.6. The second-order valence-electron chi connectivity index (χ2n) is 9.06. The van der Waals surface area contributed by atoms with Crippen molar-refractivity contribution in [2.24, 2.45) is 0 Å². The molecule has 1 aliphatic rings. The molecule has 6 nitrogen and oxygen atoms in total. The molecule has 0 bridgehead atoms. The number of hydrogen-bond donors (Lipinski definition) is 1. The lowest BCUT2D eigenvalue weighted by Crippen LogP contribution is -2.42. The molecule has 1 aliphatic heterocycles. The van der Waals surface area contributed by atoms with Crippen molar-refractivity contribution in [1.29, 1.82) is 0 Å². The minimum atomic E-state index is -0.537. The SMILES string of the molecule is CC(C)(C)OC(=O)N1CCCC1CNc1nc2ccccc2n1Cc1c(F)cccc1Cl. The summed E-state index contributed by atoms with van der Waals surface area (Å²) < 4.78 is 22.0. The number of para-hydroxylation sites is 2. The Labute approximate surface area is 192 Å². The number of ether oxygens (including phenoxy) is 1. The minimum Gasteiger partial charge on any atom is -0.444 e. The Balaban J connectivity index is 1.57. The molecule has 1 unspecified atom stereocenters. The van der Waals surface area contributed by atoms with E-state index in [1.54, 1.807) is 17.0 Å². The number of carbonyl (C=O) groups is 1. The van der Waals surface area contributed by atoms with Gasteiger partial charge in [-0.15, -0.1) is 0 Å². The molecule has 0 aliphatic carbocycles. The van der Waals surface area contributed by atoms with Crippen LogP contribution in [0.25, 0.3) is 11.0 Å². The van der Waals surface area contributed by atoms with E-state index in [9.17, 15) is 9.18 Å². The van der Waals surface area contributed by atoms with Gasteiger partial charge in [-0.1, -0.05) is 29.8 Å². The van der Waals surface area contributed by atoms with E-state index in [2.05, 4.69) is 5.32 Å². The number of fused-ring (bicyclic) bond motifs is 1. The maximum absolute atomic E-state index is 14.5. The van der Waals surface area contributed by atoms with Crippen LogP contribution in [0.3, 0.4) is 0 Å². The summed E-state index contributed by atoms with van der Waals surface area (Å²) in [5.74, 6) is 0.259. The second kappa shape index (κ2) is 8.98. The lowest BCUT2D eigenvalue weighted by Gasteiger charge is -2.28. The molecule has 4 rings (SSSR count). The van der Waals surface area contributed by atoms with Gasteiger partial charge >= 0.3 is 6.09 Å². The second-order valence-corrected chi connectivity index (χ2v) is 9.47. The maximum Gasteiger partial charge on any atom is 0.410 e. The molecule has 1 atom stereocenters. The van der Waals surface area contributed by atoms with E-state index in [1.807, 2.05) is 49.6 Å². The molecule has 170 valence electrons. The summed E-state index contributed by atoms with van der Waals surface area (Å²) in [5, 5.41) is 3.76. The lowest BCUT2D eigenvalue weighted by molar-refractivity contribution is 0.0235. The highest BCUT2D eigenvalue weighted by Gasteiger charge is 2.32. The average molecular weight is 459 g/mol. The number of anilines is 1. The molecule has 2 heterocycles. The van der Waals surface area contributed by atoms with Crippen molar-refractivity contribution in [2.45, 2.75) is 51.8 Å². The van der Waals surface area contributed by atoms with Gasteiger partial charge in [0.25, 0.3) is 0 Å². The highest BCUT2D eigenvalue weighted by Crippen LogP contribution is 2.27. The van der Waals surface area contributed by atoms with Crippen LogP contribution in [-0.4, -0.2) is 45.3 Å². The summed E-state index contributed by atoms with van der Waals surface area (Å²) in [6.45, 7) is 7.03. The van der Waals surface area contributed by atoms with Crippen LogP contribution in [0.5, 0.6) is 0 Å². The van der Waals surface area contributed by atoms with E-state index in [-0.39, 0.29) is 24.5 Å². The molecule has 1 saturated heterocycles. The van der Waals surface area contributed by atoms with Crippen LogP contribution in [0, 0.1) is 5.82 Å². The number of nitrogens with one attached hydrogen (secondary N) is 1. The fraction of sp³-hybridized carbons (Fsp3) is 0.417. The molecule has 0 saturated carbocycles. The van der Waals surface area contributed by atoms with Crippen LogP contribution in [0.2, 0.25) is 5.02 Å². The summed E-state index contributed by atoms with van der Waals surface area (Å²) in [7, 11) is 0. The number of hydrogen-bond acceptors (Lipinski definition) is 4. The Bertz CT molecular complexity index is 1100. The van der Waals surface area contributed by atoms with Gasteiger partial charge in [-0.05, 0) is 57.9 Å². The number of rotatable bonds is 5. The highest BCUT2D eigenvalue weighted by atomic mass is 35.5.